The summed E-state index contributed by atoms with van der Waals surface area (Å²) < 4.78 is 17.2. The van der Waals surface area contributed by atoms with Crippen LogP contribution < -0.4 is 9.47 Å². The fourth-order valence-corrected chi connectivity index (χ4v) is 2.19. The first-order valence-corrected chi connectivity index (χ1v) is 7.01. The normalized spacial score (nSPS) is 18.5. The average molecular weight is 270 g/mol. The van der Waals surface area contributed by atoms with Crippen LogP contribution in [0.2, 0.25) is 0 Å². The zero-order valence-corrected chi connectivity index (χ0v) is 11.3. The van der Waals surface area contributed by atoms with Crippen LogP contribution in [0.15, 0.2) is 54.6 Å². The number of rotatable bonds is 4. The van der Waals surface area contributed by atoms with E-state index in [-0.39, 0.29) is 6.29 Å². The van der Waals surface area contributed by atoms with E-state index in [0.29, 0.717) is 0 Å². The molecule has 1 heterocycles. The Balaban J connectivity index is 1.66. The SMILES string of the molecule is c1ccc(Oc2cccc(OC3CCCCO3)c2)cc1. The maximum Gasteiger partial charge on any atom is 0.199 e. The largest absolute Gasteiger partial charge is 0.465 e. The van der Waals surface area contributed by atoms with Crippen molar-refractivity contribution in [3.05, 3.63) is 54.6 Å². The fourth-order valence-electron chi connectivity index (χ4n) is 2.19. The van der Waals surface area contributed by atoms with Crippen LogP contribution in [-0.4, -0.2) is 12.9 Å². The van der Waals surface area contributed by atoms with E-state index in [1.165, 1.54) is 0 Å². The van der Waals surface area contributed by atoms with Crippen LogP contribution in [0.3, 0.4) is 0 Å². The molecule has 0 spiro atoms. The molecule has 3 rings (SSSR count). The van der Waals surface area contributed by atoms with Gasteiger partial charge in [-0.25, -0.2) is 0 Å². The Hall–Kier alpha value is -2.00. The first-order chi connectivity index (χ1) is 9.90. The van der Waals surface area contributed by atoms with Crippen molar-refractivity contribution in [1.82, 2.24) is 0 Å². The molecule has 104 valence electrons. The molecule has 0 radical (unpaired) electrons. The summed E-state index contributed by atoms with van der Waals surface area (Å²) in [4.78, 5) is 0. The first-order valence-electron chi connectivity index (χ1n) is 7.01. The maximum atomic E-state index is 5.83. The molecule has 0 bridgehead atoms. The lowest BCUT2D eigenvalue weighted by Gasteiger charge is -2.23. The molecule has 1 fully saturated rings. The number of ether oxygens (including phenoxy) is 3. The molecule has 1 saturated heterocycles. The van der Waals surface area contributed by atoms with Gasteiger partial charge in [0.15, 0.2) is 6.29 Å². The second kappa shape index (κ2) is 6.44. The van der Waals surface area contributed by atoms with Gasteiger partial charge in [-0.2, -0.15) is 0 Å². The molecule has 0 amide bonds. The van der Waals surface area contributed by atoms with Gasteiger partial charge in [0.1, 0.15) is 17.2 Å². The van der Waals surface area contributed by atoms with Crippen molar-refractivity contribution in [3.63, 3.8) is 0 Å². The Morgan fingerprint density at radius 2 is 1.65 bits per heavy atom. The van der Waals surface area contributed by atoms with Gasteiger partial charge in [-0.1, -0.05) is 24.3 Å². The van der Waals surface area contributed by atoms with Crippen LogP contribution in [0, 0.1) is 0 Å². The average Bonchev–Trinajstić information content (AvgIpc) is 2.50. The molecule has 20 heavy (non-hydrogen) atoms. The Bertz CT molecular complexity index is 533. The second-order valence-corrected chi connectivity index (χ2v) is 4.80. The van der Waals surface area contributed by atoms with Crippen LogP contribution in [0.4, 0.5) is 0 Å². The molecule has 0 N–H and O–H groups in total. The van der Waals surface area contributed by atoms with Gasteiger partial charge in [0.2, 0.25) is 0 Å². The number of hydrogen-bond donors (Lipinski definition) is 0. The molecule has 0 aromatic heterocycles. The van der Waals surface area contributed by atoms with E-state index in [1.54, 1.807) is 0 Å². The summed E-state index contributed by atoms with van der Waals surface area (Å²) in [6.07, 6.45) is 3.10. The Morgan fingerprint density at radius 1 is 0.850 bits per heavy atom. The number of hydrogen-bond acceptors (Lipinski definition) is 3. The summed E-state index contributed by atoms with van der Waals surface area (Å²) in [6, 6.07) is 17.4. The smallest absolute Gasteiger partial charge is 0.199 e. The summed E-state index contributed by atoms with van der Waals surface area (Å²) in [6.45, 7) is 0.783. The molecule has 1 atom stereocenters. The molecular formula is C17H18O3. The van der Waals surface area contributed by atoms with Crippen molar-refractivity contribution in [1.29, 1.82) is 0 Å². The van der Waals surface area contributed by atoms with Crippen molar-refractivity contribution in [2.75, 3.05) is 6.61 Å². The van der Waals surface area contributed by atoms with E-state index in [4.69, 9.17) is 14.2 Å². The van der Waals surface area contributed by atoms with Gasteiger partial charge in [0.25, 0.3) is 0 Å². The minimum Gasteiger partial charge on any atom is -0.465 e. The van der Waals surface area contributed by atoms with E-state index >= 15 is 0 Å². The first kappa shape index (κ1) is 13.0. The summed E-state index contributed by atoms with van der Waals surface area (Å²) in [5.41, 5.74) is 0. The molecule has 3 nitrogen and oxygen atoms in total. The molecule has 3 heteroatoms. The third-order valence-corrected chi connectivity index (χ3v) is 3.19. The van der Waals surface area contributed by atoms with Gasteiger partial charge in [-0.3, -0.25) is 0 Å². The van der Waals surface area contributed by atoms with Gasteiger partial charge in [-0.15, -0.1) is 0 Å². The Labute approximate surface area is 119 Å². The number of benzene rings is 2. The van der Waals surface area contributed by atoms with Gasteiger partial charge >= 0.3 is 0 Å². The quantitative estimate of drug-likeness (QED) is 0.825. The van der Waals surface area contributed by atoms with Crippen molar-refractivity contribution < 1.29 is 14.2 Å². The summed E-state index contributed by atoms with van der Waals surface area (Å²) in [5, 5.41) is 0. The topological polar surface area (TPSA) is 27.7 Å². The van der Waals surface area contributed by atoms with E-state index in [0.717, 1.165) is 43.1 Å². The highest BCUT2D eigenvalue weighted by Gasteiger charge is 2.15. The molecule has 0 aliphatic carbocycles. The highest BCUT2D eigenvalue weighted by Crippen LogP contribution is 2.26. The van der Waals surface area contributed by atoms with Crippen molar-refractivity contribution in [2.24, 2.45) is 0 Å². The fraction of sp³-hybridized carbons (Fsp3) is 0.294. The zero-order valence-electron chi connectivity index (χ0n) is 11.3. The molecule has 2 aromatic rings. The van der Waals surface area contributed by atoms with E-state index < -0.39 is 0 Å². The van der Waals surface area contributed by atoms with Crippen LogP contribution in [-0.2, 0) is 4.74 Å². The van der Waals surface area contributed by atoms with Crippen LogP contribution >= 0.6 is 0 Å². The number of para-hydroxylation sites is 1. The van der Waals surface area contributed by atoms with Crippen LogP contribution in [0.1, 0.15) is 19.3 Å². The molecule has 1 aliphatic heterocycles. The molecule has 1 aliphatic rings. The third-order valence-electron chi connectivity index (χ3n) is 3.19. The van der Waals surface area contributed by atoms with Crippen molar-refractivity contribution >= 4 is 0 Å². The Morgan fingerprint density at radius 3 is 2.45 bits per heavy atom. The monoisotopic (exact) mass is 270 g/mol. The van der Waals surface area contributed by atoms with Gasteiger partial charge in [0.05, 0.1) is 6.61 Å². The van der Waals surface area contributed by atoms with Crippen LogP contribution in [0.5, 0.6) is 17.2 Å². The summed E-state index contributed by atoms with van der Waals surface area (Å²) in [7, 11) is 0. The molecule has 1 unspecified atom stereocenters. The van der Waals surface area contributed by atoms with Crippen LogP contribution in [0.25, 0.3) is 0 Å². The van der Waals surface area contributed by atoms with E-state index in [2.05, 4.69) is 0 Å². The Kier molecular flexibility index (Phi) is 4.19. The van der Waals surface area contributed by atoms with Crippen molar-refractivity contribution in [3.8, 4) is 17.2 Å². The maximum absolute atomic E-state index is 5.83. The predicted octanol–water partition coefficient (Wildman–Crippen LogP) is 4.38. The lowest BCUT2D eigenvalue weighted by atomic mass is 10.2. The minimum atomic E-state index is -0.129. The highest BCUT2D eigenvalue weighted by molar-refractivity contribution is 5.36. The van der Waals surface area contributed by atoms with E-state index in [1.807, 2.05) is 54.6 Å². The predicted molar refractivity (Wildman–Crippen MR) is 77.2 cm³/mol. The molecule has 2 aromatic carbocycles. The minimum absolute atomic E-state index is 0.129. The lowest BCUT2D eigenvalue weighted by molar-refractivity contribution is -0.105. The second-order valence-electron chi connectivity index (χ2n) is 4.80. The van der Waals surface area contributed by atoms with Gasteiger partial charge < -0.3 is 14.2 Å². The summed E-state index contributed by atoms with van der Waals surface area (Å²) in [5.74, 6) is 2.37. The zero-order chi connectivity index (χ0) is 13.6. The lowest BCUT2D eigenvalue weighted by Crippen LogP contribution is -2.24. The highest BCUT2D eigenvalue weighted by atomic mass is 16.7. The molecular weight excluding hydrogens is 252 g/mol. The van der Waals surface area contributed by atoms with Gasteiger partial charge in [-0.05, 0) is 37.1 Å². The summed E-state index contributed by atoms with van der Waals surface area (Å²) >= 11 is 0. The standard InChI is InChI=1S/C17H18O3/c1-2-7-14(8-3-1)19-15-9-6-10-16(13-15)20-17-11-4-5-12-18-17/h1-3,6-10,13,17H,4-5,11-12H2. The molecule has 0 saturated carbocycles. The van der Waals surface area contributed by atoms with E-state index in [9.17, 15) is 0 Å². The third kappa shape index (κ3) is 3.52. The van der Waals surface area contributed by atoms with Crippen molar-refractivity contribution in [2.45, 2.75) is 25.6 Å². The van der Waals surface area contributed by atoms with Gasteiger partial charge in [0, 0.05) is 12.5 Å².